The third-order valence-corrected chi connectivity index (χ3v) is 7.38. The number of morpholine rings is 1. The molecule has 2 unspecified atom stereocenters. The predicted molar refractivity (Wildman–Crippen MR) is 130 cm³/mol. The van der Waals surface area contributed by atoms with Crippen molar-refractivity contribution in [3.05, 3.63) is 95.1 Å². The van der Waals surface area contributed by atoms with E-state index in [-0.39, 0.29) is 24.3 Å². The summed E-state index contributed by atoms with van der Waals surface area (Å²) in [5.41, 5.74) is 2.77. The van der Waals surface area contributed by atoms with Crippen molar-refractivity contribution >= 4 is 0 Å². The summed E-state index contributed by atoms with van der Waals surface area (Å²) in [5.74, 6) is -0.915. The number of hydrogen-bond donors (Lipinski definition) is 1. The van der Waals surface area contributed by atoms with Gasteiger partial charge in [-0.15, -0.1) is 0 Å². The Kier molecular flexibility index (Phi) is 6.15. The molecule has 0 aliphatic carbocycles. The molecular formula is C29H29F2NO4. The first-order valence-corrected chi connectivity index (χ1v) is 12.5. The molecule has 3 aromatic carbocycles. The van der Waals surface area contributed by atoms with Crippen LogP contribution in [0.3, 0.4) is 0 Å². The lowest BCUT2D eigenvalue weighted by Crippen LogP contribution is -2.65. The van der Waals surface area contributed by atoms with Crippen LogP contribution in [0.1, 0.15) is 29.5 Å². The molecule has 0 radical (unpaired) electrons. The van der Waals surface area contributed by atoms with Crippen molar-refractivity contribution in [2.75, 3.05) is 13.1 Å². The Labute approximate surface area is 209 Å². The lowest BCUT2D eigenvalue weighted by atomic mass is 9.93. The SMILES string of the molecule is OC1([C@@H]2CCc3cc(F)ccc3O2)CN(Cc2ccccc2)CC([C@H]2CCc3cc(F)ccc3O2)O1. The molecule has 3 heterocycles. The van der Waals surface area contributed by atoms with Crippen LogP contribution in [-0.4, -0.2) is 47.2 Å². The normalized spacial score (nSPS) is 27.9. The molecule has 3 aliphatic rings. The number of hydrogen-bond acceptors (Lipinski definition) is 5. The number of fused-ring (bicyclic) bond motifs is 2. The number of nitrogens with zero attached hydrogens (tertiary/aromatic N) is 1. The summed E-state index contributed by atoms with van der Waals surface area (Å²) in [6.45, 7) is 1.49. The monoisotopic (exact) mass is 493 g/mol. The zero-order valence-electron chi connectivity index (χ0n) is 19.9. The molecule has 3 aromatic rings. The fourth-order valence-corrected chi connectivity index (χ4v) is 5.62. The Balaban J connectivity index is 1.26. The Hall–Kier alpha value is -3.00. The van der Waals surface area contributed by atoms with Crippen LogP contribution < -0.4 is 9.47 Å². The van der Waals surface area contributed by atoms with E-state index >= 15 is 0 Å². The highest BCUT2D eigenvalue weighted by Gasteiger charge is 2.50. The molecule has 1 N–H and O–H groups in total. The van der Waals surface area contributed by atoms with E-state index in [9.17, 15) is 13.9 Å². The van der Waals surface area contributed by atoms with Crippen molar-refractivity contribution in [3.63, 3.8) is 0 Å². The van der Waals surface area contributed by atoms with Gasteiger partial charge in [-0.1, -0.05) is 30.3 Å². The van der Waals surface area contributed by atoms with E-state index in [1.54, 1.807) is 12.1 Å². The number of ether oxygens (including phenoxy) is 3. The van der Waals surface area contributed by atoms with Crippen LogP contribution in [0.15, 0.2) is 66.7 Å². The minimum atomic E-state index is -1.57. The molecule has 3 aliphatic heterocycles. The fraction of sp³-hybridized carbons (Fsp3) is 0.379. The minimum Gasteiger partial charge on any atom is -0.487 e. The first kappa shape index (κ1) is 23.4. The molecule has 0 amide bonds. The first-order valence-electron chi connectivity index (χ1n) is 12.5. The zero-order chi connectivity index (χ0) is 24.7. The zero-order valence-corrected chi connectivity index (χ0v) is 19.9. The highest BCUT2D eigenvalue weighted by atomic mass is 19.1. The Morgan fingerprint density at radius 3 is 2.22 bits per heavy atom. The molecule has 36 heavy (non-hydrogen) atoms. The Morgan fingerprint density at radius 2 is 1.50 bits per heavy atom. The lowest BCUT2D eigenvalue weighted by molar-refractivity contribution is -0.315. The molecule has 1 saturated heterocycles. The van der Waals surface area contributed by atoms with Gasteiger partial charge in [-0.25, -0.2) is 8.78 Å². The van der Waals surface area contributed by atoms with Crippen molar-refractivity contribution in [2.24, 2.45) is 0 Å². The van der Waals surface area contributed by atoms with Crippen LogP contribution in [-0.2, 0) is 24.1 Å². The molecule has 4 atom stereocenters. The average Bonchev–Trinajstić information content (AvgIpc) is 2.88. The summed E-state index contributed by atoms with van der Waals surface area (Å²) in [5, 5.41) is 11.9. The summed E-state index contributed by atoms with van der Waals surface area (Å²) >= 11 is 0. The number of aliphatic hydroxyl groups is 1. The maximum atomic E-state index is 13.7. The molecule has 6 rings (SSSR count). The van der Waals surface area contributed by atoms with E-state index < -0.39 is 18.0 Å². The second-order valence-corrected chi connectivity index (χ2v) is 10.0. The minimum absolute atomic E-state index is 0.272. The quantitative estimate of drug-likeness (QED) is 0.574. The smallest absolute Gasteiger partial charge is 0.217 e. The summed E-state index contributed by atoms with van der Waals surface area (Å²) in [7, 11) is 0. The number of benzene rings is 3. The summed E-state index contributed by atoms with van der Waals surface area (Å²) < 4.78 is 46.2. The summed E-state index contributed by atoms with van der Waals surface area (Å²) in [6.07, 6.45) is 1.11. The van der Waals surface area contributed by atoms with E-state index in [4.69, 9.17) is 14.2 Å². The maximum Gasteiger partial charge on any atom is 0.217 e. The molecule has 0 bridgehead atoms. The largest absolute Gasteiger partial charge is 0.487 e. The third-order valence-electron chi connectivity index (χ3n) is 7.38. The maximum absolute atomic E-state index is 13.7. The second-order valence-electron chi connectivity index (χ2n) is 10.0. The molecule has 188 valence electrons. The van der Waals surface area contributed by atoms with Crippen LogP contribution in [0, 0.1) is 11.6 Å². The van der Waals surface area contributed by atoms with Gasteiger partial charge >= 0.3 is 0 Å². The molecular weight excluding hydrogens is 464 g/mol. The molecule has 0 saturated carbocycles. The van der Waals surface area contributed by atoms with E-state index in [1.807, 2.05) is 18.2 Å². The average molecular weight is 494 g/mol. The van der Waals surface area contributed by atoms with Crippen LogP contribution in [0.2, 0.25) is 0 Å². The van der Waals surface area contributed by atoms with Gasteiger partial charge in [0.1, 0.15) is 35.3 Å². The molecule has 0 spiro atoms. The highest BCUT2D eigenvalue weighted by Crippen LogP contribution is 2.38. The Morgan fingerprint density at radius 1 is 0.833 bits per heavy atom. The van der Waals surface area contributed by atoms with E-state index in [0.717, 1.165) is 16.7 Å². The first-order chi connectivity index (χ1) is 17.4. The van der Waals surface area contributed by atoms with Gasteiger partial charge in [-0.05, 0) is 78.8 Å². The van der Waals surface area contributed by atoms with Gasteiger partial charge in [-0.2, -0.15) is 0 Å². The molecule has 0 aromatic heterocycles. The second kappa shape index (κ2) is 9.47. The van der Waals surface area contributed by atoms with E-state index in [1.165, 1.54) is 24.3 Å². The van der Waals surface area contributed by atoms with Crippen molar-refractivity contribution in [1.82, 2.24) is 4.90 Å². The Bertz CT molecular complexity index is 1240. The van der Waals surface area contributed by atoms with Gasteiger partial charge in [0, 0.05) is 13.1 Å². The summed E-state index contributed by atoms with van der Waals surface area (Å²) in [6, 6.07) is 19.1. The number of rotatable bonds is 4. The lowest BCUT2D eigenvalue weighted by Gasteiger charge is -2.49. The van der Waals surface area contributed by atoms with E-state index in [2.05, 4.69) is 17.0 Å². The van der Waals surface area contributed by atoms with Crippen LogP contribution in [0.4, 0.5) is 8.78 Å². The van der Waals surface area contributed by atoms with Gasteiger partial charge in [0.05, 0.1) is 6.54 Å². The summed E-state index contributed by atoms with van der Waals surface area (Å²) in [4.78, 5) is 2.18. The molecule has 5 nitrogen and oxygen atoms in total. The van der Waals surface area contributed by atoms with Crippen molar-refractivity contribution in [3.8, 4) is 11.5 Å². The standard InChI is InChI=1S/C29H29F2NO4/c30-22-8-11-24-20(14-22)6-10-26(34-24)27-17-32(16-19-4-2-1-3-5-19)18-29(33,36-27)28-13-7-21-15-23(31)9-12-25(21)35-28/h1-5,8-9,11-12,14-15,26-28,33H,6-7,10,13,16-18H2/t26-,27?,28+,29?/m1/s1. The van der Waals surface area contributed by atoms with Crippen molar-refractivity contribution in [1.29, 1.82) is 0 Å². The van der Waals surface area contributed by atoms with Crippen molar-refractivity contribution < 1.29 is 28.1 Å². The number of halogens is 2. The van der Waals surface area contributed by atoms with Crippen molar-refractivity contribution in [2.45, 2.75) is 56.3 Å². The van der Waals surface area contributed by atoms with Crippen LogP contribution >= 0.6 is 0 Å². The van der Waals surface area contributed by atoms with Gasteiger partial charge in [-0.3, -0.25) is 4.90 Å². The van der Waals surface area contributed by atoms with Crippen LogP contribution in [0.5, 0.6) is 11.5 Å². The molecule has 1 fully saturated rings. The highest BCUT2D eigenvalue weighted by molar-refractivity contribution is 5.37. The number of β-amino-alcohol motifs (C(OH)–C–C–N with tert-alkyl or cyclic N) is 1. The molecule has 7 heteroatoms. The predicted octanol–water partition coefficient (Wildman–Crippen LogP) is 4.64. The van der Waals surface area contributed by atoms with Gasteiger partial charge < -0.3 is 19.3 Å². The topological polar surface area (TPSA) is 51.2 Å². The number of aryl methyl sites for hydroxylation is 2. The third kappa shape index (κ3) is 4.71. The van der Waals surface area contributed by atoms with Crippen LogP contribution in [0.25, 0.3) is 0 Å². The van der Waals surface area contributed by atoms with E-state index in [0.29, 0.717) is 50.3 Å². The van der Waals surface area contributed by atoms with Gasteiger partial charge in [0.25, 0.3) is 0 Å². The van der Waals surface area contributed by atoms with Gasteiger partial charge in [0.2, 0.25) is 5.79 Å². The van der Waals surface area contributed by atoms with Gasteiger partial charge in [0.15, 0.2) is 6.10 Å². The fourth-order valence-electron chi connectivity index (χ4n) is 5.62.